The van der Waals surface area contributed by atoms with E-state index in [9.17, 15) is 14.4 Å². The Morgan fingerprint density at radius 2 is 1.82 bits per heavy atom. The Bertz CT molecular complexity index is 1180. The number of benzene rings is 2. The molecule has 2 heterocycles. The van der Waals surface area contributed by atoms with Gasteiger partial charge in [-0.25, -0.2) is 9.69 Å². The van der Waals surface area contributed by atoms with Crippen LogP contribution in [0.5, 0.6) is 0 Å². The predicted octanol–water partition coefficient (Wildman–Crippen LogP) is 5.43. The summed E-state index contributed by atoms with van der Waals surface area (Å²) in [6.07, 6.45) is 2.46. The maximum absolute atomic E-state index is 13.2. The van der Waals surface area contributed by atoms with E-state index in [1.165, 1.54) is 6.08 Å². The summed E-state index contributed by atoms with van der Waals surface area (Å²) in [6.45, 7) is 11.5. The quantitative estimate of drug-likeness (QED) is 0.485. The van der Waals surface area contributed by atoms with Crippen LogP contribution >= 0.6 is 11.6 Å². The molecule has 2 aromatic rings. The number of nitrogens with zero attached hydrogens (tertiary/aromatic N) is 2. The fraction of sp³-hybridized carbons (Fsp3) is 0.346. The van der Waals surface area contributed by atoms with Crippen molar-refractivity contribution < 1.29 is 14.4 Å². The van der Waals surface area contributed by atoms with Crippen molar-refractivity contribution in [3.05, 3.63) is 63.7 Å². The molecular weight excluding hydrogens is 438 g/mol. The van der Waals surface area contributed by atoms with E-state index < -0.39 is 17.8 Å². The van der Waals surface area contributed by atoms with Crippen LogP contribution in [0.2, 0.25) is 5.02 Å². The summed E-state index contributed by atoms with van der Waals surface area (Å²) in [5.74, 6) is -1.12. The van der Waals surface area contributed by atoms with E-state index in [1.807, 2.05) is 19.1 Å². The Morgan fingerprint density at radius 3 is 2.45 bits per heavy atom. The Hall–Kier alpha value is -3.12. The highest BCUT2D eigenvalue weighted by Gasteiger charge is 2.38. The summed E-state index contributed by atoms with van der Waals surface area (Å²) < 4.78 is 0. The van der Waals surface area contributed by atoms with Gasteiger partial charge in [0.1, 0.15) is 5.57 Å². The van der Waals surface area contributed by atoms with Crippen LogP contribution in [0.3, 0.4) is 0 Å². The lowest BCUT2D eigenvalue weighted by Gasteiger charge is -2.47. The van der Waals surface area contributed by atoms with E-state index >= 15 is 0 Å². The molecule has 2 aliphatic rings. The molecular formula is C26H28ClN3O3. The molecule has 2 aromatic carbocycles. The van der Waals surface area contributed by atoms with Gasteiger partial charge in [0.05, 0.1) is 5.69 Å². The molecule has 172 valence electrons. The molecule has 1 atom stereocenters. The molecule has 1 N–H and O–H groups in total. The molecule has 2 aliphatic heterocycles. The first kappa shape index (κ1) is 23.1. The highest BCUT2D eigenvalue weighted by molar-refractivity contribution is 6.40. The monoisotopic (exact) mass is 465 g/mol. The molecule has 1 unspecified atom stereocenters. The highest BCUT2D eigenvalue weighted by Crippen LogP contribution is 2.45. The van der Waals surface area contributed by atoms with E-state index in [4.69, 9.17) is 11.6 Å². The van der Waals surface area contributed by atoms with Crippen LogP contribution in [0.25, 0.3) is 6.08 Å². The van der Waals surface area contributed by atoms with Crippen LogP contribution < -0.4 is 15.1 Å². The Labute approximate surface area is 199 Å². The van der Waals surface area contributed by atoms with Crippen molar-refractivity contribution in [3.8, 4) is 0 Å². The molecule has 0 bridgehead atoms. The van der Waals surface area contributed by atoms with Gasteiger partial charge in [0.2, 0.25) is 0 Å². The van der Waals surface area contributed by atoms with Crippen LogP contribution in [-0.4, -0.2) is 29.9 Å². The standard InChI is InChI=1S/C26H28ClN3O3/c1-6-29-22-13-21(27)17(11-19(22)16(3)14-26(29,4)5)12-20-23(31)28-25(33)30(24(20)32)18-9-7-15(2)8-10-18/h7-13,16H,6,14H2,1-5H3,(H,28,31,33)/b20-12-. The SMILES string of the molecule is CCN1c2cc(Cl)c(/C=C3/C(=O)NC(=O)N(c4ccc(C)cc4)C3=O)cc2C(C)CC1(C)C. The van der Waals surface area contributed by atoms with Crippen LogP contribution in [0, 0.1) is 6.92 Å². The Morgan fingerprint density at radius 1 is 1.15 bits per heavy atom. The molecule has 6 nitrogen and oxygen atoms in total. The predicted molar refractivity (Wildman–Crippen MR) is 132 cm³/mol. The van der Waals surface area contributed by atoms with Crippen molar-refractivity contribution in [2.24, 2.45) is 0 Å². The van der Waals surface area contributed by atoms with Gasteiger partial charge in [0.15, 0.2) is 0 Å². The largest absolute Gasteiger partial charge is 0.366 e. The first-order chi connectivity index (χ1) is 15.5. The molecule has 0 aromatic heterocycles. The maximum Gasteiger partial charge on any atom is 0.335 e. The number of nitrogens with one attached hydrogen (secondary N) is 1. The summed E-state index contributed by atoms with van der Waals surface area (Å²) in [5.41, 5.74) is 4.04. The zero-order valence-corrected chi connectivity index (χ0v) is 20.3. The lowest BCUT2D eigenvalue weighted by atomic mass is 9.79. The van der Waals surface area contributed by atoms with Crippen molar-refractivity contribution in [2.75, 3.05) is 16.3 Å². The first-order valence-corrected chi connectivity index (χ1v) is 11.5. The van der Waals surface area contributed by atoms with Crippen molar-refractivity contribution in [3.63, 3.8) is 0 Å². The number of carbonyl (C=O) groups is 3. The topological polar surface area (TPSA) is 69.7 Å². The minimum atomic E-state index is -0.767. The number of imide groups is 2. The summed E-state index contributed by atoms with van der Waals surface area (Å²) in [7, 11) is 0. The minimum absolute atomic E-state index is 0.00139. The van der Waals surface area contributed by atoms with Gasteiger partial charge in [-0.15, -0.1) is 0 Å². The van der Waals surface area contributed by atoms with Gasteiger partial charge in [-0.1, -0.05) is 36.2 Å². The molecule has 0 radical (unpaired) electrons. The van der Waals surface area contributed by atoms with Gasteiger partial charge in [0.25, 0.3) is 11.8 Å². The summed E-state index contributed by atoms with van der Waals surface area (Å²) in [5, 5.41) is 2.72. The normalized spacial score (nSPS) is 21.3. The number of aryl methyl sites for hydroxylation is 1. The van der Waals surface area contributed by atoms with E-state index in [0.29, 0.717) is 16.3 Å². The van der Waals surface area contributed by atoms with Gasteiger partial charge in [-0.3, -0.25) is 14.9 Å². The van der Waals surface area contributed by atoms with E-state index in [2.05, 4.69) is 37.9 Å². The van der Waals surface area contributed by atoms with E-state index in [0.717, 1.165) is 34.7 Å². The number of hydrogen-bond donors (Lipinski definition) is 1. The lowest BCUT2D eigenvalue weighted by molar-refractivity contribution is -0.122. The summed E-state index contributed by atoms with van der Waals surface area (Å²) in [4.78, 5) is 41.6. The molecule has 1 saturated heterocycles. The van der Waals surface area contributed by atoms with Gasteiger partial charge in [-0.2, -0.15) is 0 Å². The molecule has 4 amide bonds. The number of carbonyl (C=O) groups excluding carboxylic acids is 3. The fourth-order valence-electron chi connectivity index (χ4n) is 4.97. The van der Waals surface area contributed by atoms with Crippen LogP contribution in [0.15, 0.2) is 42.0 Å². The third-order valence-corrected chi connectivity index (χ3v) is 6.84. The number of fused-ring (bicyclic) bond motifs is 1. The third-order valence-electron chi connectivity index (χ3n) is 6.51. The number of rotatable bonds is 3. The second kappa shape index (κ2) is 8.34. The maximum atomic E-state index is 13.2. The van der Waals surface area contributed by atoms with Gasteiger partial charge in [-0.05, 0) is 81.5 Å². The molecule has 0 aliphatic carbocycles. The molecule has 33 heavy (non-hydrogen) atoms. The second-order valence-corrected chi connectivity index (χ2v) is 9.80. The van der Waals surface area contributed by atoms with Crippen LogP contribution in [0.1, 0.15) is 56.7 Å². The zero-order valence-electron chi connectivity index (χ0n) is 19.5. The zero-order chi connectivity index (χ0) is 24.1. The van der Waals surface area contributed by atoms with Gasteiger partial charge >= 0.3 is 6.03 Å². The number of amides is 4. The van der Waals surface area contributed by atoms with Crippen molar-refractivity contribution in [1.29, 1.82) is 0 Å². The van der Waals surface area contributed by atoms with Crippen molar-refractivity contribution >= 4 is 46.9 Å². The molecule has 4 rings (SSSR count). The van der Waals surface area contributed by atoms with Gasteiger partial charge < -0.3 is 4.90 Å². The van der Waals surface area contributed by atoms with Crippen molar-refractivity contribution in [2.45, 2.75) is 52.5 Å². The van der Waals surface area contributed by atoms with E-state index in [1.54, 1.807) is 24.3 Å². The minimum Gasteiger partial charge on any atom is -0.366 e. The van der Waals surface area contributed by atoms with E-state index in [-0.39, 0.29) is 17.0 Å². The van der Waals surface area contributed by atoms with Crippen LogP contribution in [0.4, 0.5) is 16.2 Å². The summed E-state index contributed by atoms with van der Waals surface area (Å²) in [6, 6.07) is 10.1. The molecule has 7 heteroatoms. The number of halogens is 1. The fourth-order valence-corrected chi connectivity index (χ4v) is 5.18. The first-order valence-electron chi connectivity index (χ1n) is 11.1. The number of urea groups is 1. The Kier molecular flexibility index (Phi) is 5.83. The second-order valence-electron chi connectivity index (χ2n) is 9.39. The average molecular weight is 466 g/mol. The molecule has 0 saturated carbocycles. The summed E-state index contributed by atoms with van der Waals surface area (Å²) >= 11 is 6.64. The number of anilines is 2. The smallest absolute Gasteiger partial charge is 0.335 e. The highest BCUT2D eigenvalue weighted by atomic mass is 35.5. The van der Waals surface area contributed by atoms with Crippen LogP contribution in [-0.2, 0) is 9.59 Å². The number of hydrogen-bond acceptors (Lipinski definition) is 4. The van der Waals surface area contributed by atoms with Gasteiger partial charge in [0, 0.05) is 22.8 Å². The average Bonchev–Trinajstić information content (AvgIpc) is 2.72. The molecule has 1 fully saturated rings. The number of barbiturate groups is 1. The molecule has 0 spiro atoms. The van der Waals surface area contributed by atoms with Crippen molar-refractivity contribution in [1.82, 2.24) is 5.32 Å². The Balaban J connectivity index is 1.77. The third kappa shape index (κ3) is 4.04. The lowest BCUT2D eigenvalue weighted by Crippen LogP contribution is -2.54.